The first kappa shape index (κ1) is 22.2. The molecule has 0 heterocycles. The van der Waals surface area contributed by atoms with E-state index in [1.54, 1.807) is 11.9 Å². The van der Waals surface area contributed by atoms with E-state index in [9.17, 15) is 9.59 Å². The largest absolute Gasteiger partial charge is 0.374 e. The molecule has 0 saturated carbocycles. The molecule has 0 aromatic carbocycles. The van der Waals surface area contributed by atoms with Crippen LogP contribution in [-0.4, -0.2) is 67.4 Å². The van der Waals surface area contributed by atoms with Gasteiger partial charge in [0.15, 0.2) is 11.6 Å². The zero-order valence-electron chi connectivity index (χ0n) is 15.7. The Balaban J connectivity index is 4.60. The molecule has 0 atom stereocenters. The lowest BCUT2D eigenvalue weighted by Crippen LogP contribution is -2.56. The number of nitrogens with two attached hydrogens (primary N) is 1. The van der Waals surface area contributed by atoms with Gasteiger partial charge in [0.2, 0.25) is 0 Å². The number of hydrogen-bond donors (Lipinski definition) is 2. The third-order valence-electron chi connectivity index (χ3n) is 4.24. The first-order chi connectivity index (χ1) is 10.6. The van der Waals surface area contributed by atoms with Crippen molar-refractivity contribution in [2.45, 2.75) is 58.5 Å². The molecule has 0 bridgehead atoms. The molecule has 0 fully saturated rings. The summed E-state index contributed by atoms with van der Waals surface area (Å²) in [6.07, 6.45) is 1.70. The van der Waals surface area contributed by atoms with E-state index in [0.29, 0.717) is 19.7 Å². The fourth-order valence-corrected chi connectivity index (χ4v) is 1.91. The van der Waals surface area contributed by atoms with Crippen molar-refractivity contribution in [3.8, 4) is 0 Å². The Morgan fingerprint density at radius 3 is 2.30 bits per heavy atom. The summed E-state index contributed by atoms with van der Waals surface area (Å²) < 4.78 is 5.33. The molecule has 0 radical (unpaired) electrons. The van der Waals surface area contributed by atoms with Crippen LogP contribution in [0.25, 0.3) is 0 Å². The molecule has 0 spiro atoms. The van der Waals surface area contributed by atoms with E-state index < -0.39 is 11.1 Å². The average molecular weight is 329 g/mol. The summed E-state index contributed by atoms with van der Waals surface area (Å²) in [5, 5.41) is 3.22. The van der Waals surface area contributed by atoms with Gasteiger partial charge >= 0.3 is 0 Å². The number of hydrogen-bond acceptors (Lipinski definition) is 6. The fraction of sp³-hybridized carbons (Fsp3) is 0.882. The summed E-state index contributed by atoms with van der Waals surface area (Å²) in [5.74, 6) is 0.0301. The summed E-state index contributed by atoms with van der Waals surface area (Å²) in [4.78, 5) is 26.6. The lowest BCUT2D eigenvalue weighted by molar-refractivity contribution is -0.136. The van der Waals surface area contributed by atoms with Crippen molar-refractivity contribution in [2.75, 3.05) is 39.9 Å². The molecule has 23 heavy (non-hydrogen) atoms. The zero-order valence-corrected chi connectivity index (χ0v) is 15.7. The molecule has 0 rings (SSSR count). The van der Waals surface area contributed by atoms with Crippen LogP contribution >= 0.6 is 0 Å². The summed E-state index contributed by atoms with van der Waals surface area (Å²) in [5.41, 5.74) is 4.10. The summed E-state index contributed by atoms with van der Waals surface area (Å²) in [6, 6.07) is 0. The Morgan fingerprint density at radius 2 is 1.78 bits per heavy atom. The number of nitrogens with zero attached hydrogens (tertiary/aromatic N) is 1. The van der Waals surface area contributed by atoms with Gasteiger partial charge in [-0.3, -0.25) is 14.5 Å². The Labute approximate surface area is 141 Å². The van der Waals surface area contributed by atoms with Gasteiger partial charge in [0.25, 0.3) is 0 Å². The molecule has 136 valence electrons. The highest BCUT2D eigenvalue weighted by atomic mass is 16.5. The smallest absolute Gasteiger partial charge is 0.178 e. The van der Waals surface area contributed by atoms with Crippen LogP contribution in [0.15, 0.2) is 0 Å². The number of ether oxygens (including phenoxy) is 1. The highest BCUT2D eigenvalue weighted by Gasteiger charge is 2.36. The monoisotopic (exact) mass is 329 g/mol. The summed E-state index contributed by atoms with van der Waals surface area (Å²) >= 11 is 0. The van der Waals surface area contributed by atoms with Gasteiger partial charge in [-0.15, -0.1) is 0 Å². The van der Waals surface area contributed by atoms with Gasteiger partial charge in [0.1, 0.15) is 6.61 Å². The van der Waals surface area contributed by atoms with Crippen LogP contribution in [0.2, 0.25) is 0 Å². The number of carbonyl (C=O) groups is 2. The van der Waals surface area contributed by atoms with Crippen molar-refractivity contribution in [3.05, 3.63) is 0 Å². The molecular formula is C17H35N3O3. The first-order valence-corrected chi connectivity index (χ1v) is 8.40. The first-order valence-electron chi connectivity index (χ1n) is 8.40. The van der Waals surface area contributed by atoms with Crippen LogP contribution in [-0.2, 0) is 14.3 Å². The molecule has 0 aliphatic rings. The molecule has 0 aliphatic heterocycles. The van der Waals surface area contributed by atoms with Gasteiger partial charge in [-0.1, -0.05) is 6.92 Å². The molecule has 6 heteroatoms. The quantitative estimate of drug-likeness (QED) is 0.490. The van der Waals surface area contributed by atoms with Crippen molar-refractivity contribution < 1.29 is 14.3 Å². The minimum Gasteiger partial charge on any atom is -0.374 e. The van der Waals surface area contributed by atoms with E-state index in [0.717, 1.165) is 12.8 Å². The van der Waals surface area contributed by atoms with E-state index in [-0.39, 0.29) is 24.7 Å². The van der Waals surface area contributed by atoms with E-state index in [4.69, 9.17) is 10.5 Å². The number of rotatable bonds is 13. The van der Waals surface area contributed by atoms with Crippen LogP contribution in [0.4, 0.5) is 0 Å². The minimum atomic E-state index is -0.739. The van der Waals surface area contributed by atoms with Gasteiger partial charge in [-0.25, -0.2) is 0 Å². The van der Waals surface area contributed by atoms with Crippen molar-refractivity contribution >= 4 is 11.6 Å². The topological polar surface area (TPSA) is 84.7 Å². The number of nitrogens with one attached hydrogen (secondary N) is 1. The van der Waals surface area contributed by atoms with Crippen LogP contribution in [0.3, 0.4) is 0 Å². The van der Waals surface area contributed by atoms with Gasteiger partial charge < -0.3 is 15.8 Å². The molecular weight excluding hydrogens is 294 g/mol. The number of likely N-dealkylation sites (N-methyl/N-ethyl adjacent to an activating group) is 1. The van der Waals surface area contributed by atoms with E-state index in [1.807, 2.05) is 34.6 Å². The maximum absolute atomic E-state index is 12.5. The van der Waals surface area contributed by atoms with Crippen molar-refractivity contribution in [2.24, 2.45) is 5.73 Å². The predicted molar refractivity (Wildman–Crippen MR) is 93.6 cm³/mol. The van der Waals surface area contributed by atoms with Crippen LogP contribution in [0, 0.1) is 0 Å². The van der Waals surface area contributed by atoms with Crippen LogP contribution in [0.5, 0.6) is 0 Å². The maximum Gasteiger partial charge on any atom is 0.178 e. The van der Waals surface area contributed by atoms with Gasteiger partial charge in [0, 0.05) is 6.61 Å². The van der Waals surface area contributed by atoms with Crippen molar-refractivity contribution in [1.82, 2.24) is 10.2 Å². The molecule has 6 nitrogen and oxygen atoms in total. The number of carbonyl (C=O) groups excluding carboxylic acids is 2. The van der Waals surface area contributed by atoms with Crippen LogP contribution in [0.1, 0.15) is 47.5 Å². The molecule has 0 aromatic heterocycles. The van der Waals surface area contributed by atoms with Crippen LogP contribution < -0.4 is 11.1 Å². The normalized spacial score (nSPS) is 12.7. The minimum absolute atomic E-state index is 0.0184. The second-order valence-corrected chi connectivity index (χ2v) is 7.01. The Morgan fingerprint density at radius 1 is 1.17 bits per heavy atom. The van der Waals surface area contributed by atoms with Crippen molar-refractivity contribution in [1.29, 1.82) is 0 Å². The highest BCUT2D eigenvalue weighted by Crippen LogP contribution is 2.16. The molecule has 0 aromatic rings. The highest BCUT2D eigenvalue weighted by molar-refractivity contribution is 5.92. The molecule has 0 aliphatic carbocycles. The predicted octanol–water partition coefficient (Wildman–Crippen LogP) is 0.979. The summed E-state index contributed by atoms with van der Waals surface area (Å²) in [6.45, 7) is 11.5. The van der Waals surface area contributed by atoms with E-state index in [2.05, 4.69) is 5.32 Å². The lowest BCUT2D eigenvalue weighted by atomic mass is 9.94. The number of Topliss-reactive ketones (excluding diaryl/α,β-unsaturated/α-hetero) is 2. The third-order valence-corrected chi connectivity index (χ3v) is 4.24. The standard InChI is InChI=1S/C17H35N3O3/c1-7-11-23-13-15(22)17(4,5)20(6)12-14(21)16(2,3)19-10-8-9-18/h19H,7-13,18H2,1-6H3. The second kappa shape index (κ2) is 10.1. The third kappa shape index (κ3) is 7.52. The Bertz CT molecular complexity index is 381. The Kier molecular flexibility index (Phi) is 9.77. The lowest BCUT2D eigenvalue weighted by Gasteiger charge is -2.36. The van der Waals surface area contributed by atoms with Gasteiger partial charge in [-0.2, -0.15) is 0 Å². The van der Waals surface area contributed by atoms with E-state index in [1.165, 1.54) is 0 Å². The molecule has 0 unspecified atom stereocenters. The maximum atomic E-state index is 12.5. The average Bonchev–Trinajstić information content (AvgIpc) is 2.47. The second-order valence-electron chi connectivity index (χ2n) is 7.01. The Hall–Kier alpha value is -0.820. The SMILES string of the molecule is CCCOCC(=O)C(C)(C)N(C)CC(=O)C(C)(C)NCCCN. The summed E-state index contributed by atoms with van der Waals surface area (Å²) in [7, 11) is 1.80. The van der Waals surface area contributed by atoms with Gasteiger partial charge in [0.05, 0.1) is 17.6 Å². The molecule has 0 saturated heterocycles. The molecule has 0 amide bonds. The van der Waals surface area contributed by atoms with Gasteiger partial charge in [-0.05, 0) is 60.7 Å². The van der Waals surface area contributed by atoms with Crippen molar-refractivity contribution in [3.63, 3.8) is 0 Å². The zero-order chi connectivity index (χ0) is 18.1. The van der Waals surface area contributed by atoms with E-state index >= 15 is 0 Å². The molecule has 3 N–H and O–H groups in total. The fourth-order valence-electron chi connectivity index (χ4n) is 1.91. The number of ketones is 2.